The summed E-state index contributed by atoms with van der Waals surface area (Å²) >= 11 is 0. The summed E-state index contributed by atoms with van der Waals surface area (Å²) in [6.07, 6.45) is 0. The Morgan fingerprint density at radius 2 is 1.86 bits per heavy atom. The largest absolute Gasteiger partial charge is 0.492 e. The Bertz CT molecular complexity index is 697. The highest BCUT2D eigenvalue weighted by Crippen LogP contribution is 2.15. The number of hydrogen-bond donors (Lipinski definition) is 2. The fraction of sp³-hybridized carbons (Fsp3) is 0.200. The van der Waals surface area contributed by atoms with Crippen molar-refractivity contribution in [2.24, 2.45) is 0 Å². The summed E-state index contributed by atoms with van der Waals surface area (Å²) in [4.78, 5) is 0. The minimum Gasteiger partial charge on any atom is -0.492 e. The molecule has 3 N–H and O–H groups in total. The molecule has 21 heavy (non-hydrogen) atoms. The molecule has 0 atom stereocenters. The highest BCUT2D eigenvalue weighted by atomic mass is 32.2. The van der Waals surface area contributed by atoms with Crippen LogP contribution >= 0.6 is 0 Å². The second-order valence-corrected chi connectivity index (χ2v) is 6.55. The van der Waals surface area contributed by atoms with Crippen molar-refractivity contribution in [3.05, 3.63) is 54.1 Å². The first-order chi connectivity index (χ1) is 9.94. The van der Waals surface area contributed by atoms with Crippen LogP contribution in [0.4, 0.5) is 11.4 Å². The van der Waals surface area contributed by atoms with E-state index in [4.69, 9.17) is 10.5 Å². The van der Waals surface area contributed by atoms with E-state index in [1.165, 1.54) is 0 Å². The zero-order valence-electron chi connectivity index (χ0n) is 11.7. The maximum atomic E-state index is 11.9. The quantitative estimate of drug-likeness (QED) is 0.803. The summed E-state index contributed by atoms with van der Waals surface area (Å²) < 4.78 is 31.7. The molecule has 6 heteroatoms. The van der Waals surface area contributed by atoms with Gasteiger partial charge in [-0.3, -0.25) is 4.72 Å². The predicted octanol–water partition coefficient (Wildman–Crippen LogP) is 2.40. The van der Waals surface area contributed by atoms with Crippen molar-refractivity contribution >= 4 is 21.4 Å². The lowest BCUT2D eigenvalue weighted by Crippen LogP contribution is -2.21. The molecule has 0 bridgehead atoms. The van der Waals surface area contributed by atoms with Gasteiger partial charge in [0.1, 0.15) is 18.1 Å². The van der Waals surface area contributed by atoms with Gasteiger partial charge in [-0.15, -0.1) is 0 Å². The van der Waals surface area contributed by atoms with Crippen LogP contribution in [0.2, 0.25) is 0 Å². The molecule has 0 spiro atoms. The maximum Gasteiger partial charge on any atom is 0.236 e. The zero-order valence-corrected chi connectivity index (χ0v) is 12.6. The SMILES string of the molecule is Cc1ccc(NS(=O)(=O)CCOc2cccc(N)c2)cc1. The van der Waals surface area contributed by atoms with Crippen LogP contribution in [-0.4, -0.2) is 20.8 Å². The van der Waals surface area contributed by atoms with Crippen molar-refractivity contribution in [3.8, 4) is 5.75 Å². The van der Waals surface area contributed by atoms with Gasteiger partial charge in [0.15, 0.2) is 0 Å². The molecule has 0 saturated heterocycles. The highest BCUT2D eigenvalue weighted by Gasteiger charge is 2.10. The van der Waals surface area contributed by atoms with Crippen molar-refractivity contribution in [1.82, 2.24) is 0 Å². The van der Waals surface area contributed by atoms with E-state index in [-0.39, 0.29) is 12.4 Å². The first-order valence-electron chi connectivity index (χ1n) is 6.50. The fourth-order valence-corrected chi connectivity index (χ4v) is 2.63. The van der Waals surface area contributed by atoms with Gasteiger partial charge in [0.2, 0.25) is 10.0 Å². The van der Waals surface area contributed by atoms with Crippen LogP contribution < -0.4 is 15.2 Å². The molecule has 112 valence electrons. The molecule has 0 heterocycles. The van der Waals surface area contributed by atoms with Gasteiger partial charge in [-0.2, -0.15) is 0 Å². The van der Waals surface area contributed by atoms with Crippen LogP contribution in [0.25, 0.3) is 0 Å². The van der Waals surface area contributed by atoms with Crippen LogP contribution in [0, 0.1) is 6.92 Å². The molecule has 0 saturated carbocycles. The Labute approximate surface area is 124 Å². The molecule has 0 radical (unpaired) electrons. The predicted molar refractivity (Wildman–Crippen MR) is 84.9 cm³/mol. The molecular weight excluding hydrogens is 288 g/mol. The Morgan fingerprint density at radius 1 is 1.14 bits per heavy atom. The van der Waals surface area contributed by atoms with Gasteiger partial charge in [-0.1, -0.05) is 23.8 Å². The van der Waals surface area contributed by atoms with Crippen molar-refractivity contribution in [2.45, 2.75) is 6.92 Å². The molecule has 0 aliphatic carbocycles. The number of aryl methyl sites for hydroxylation is 1. The summed E-state index contributed by atoms with van der Waals surface area (Å²) in [5.41, 5.74) is 7.81. The molecule has 0 amide bonds. The Kier molecular flexibility index (Phi) is 4.70. The summed E-state index contributed by atoms with van der Waals surface area (Å²) in [7, 11) is -3.43. The third kappa shape index (κ3) is 5.00. The third-order valence-electron chi connectivity index (χ3n) is 2.80. The summed E-state index contributed by atoms with van der Waals surface area (Å²) in [5.74, 6) is 0.427. The summed E-state index contributed by atoms with van der Waals surface area (Å²) in [6.45, 7) is 2.00. The van der Waals surface area contributed by atoms with Crippen LogP contribution in [0.5, 0.6) is 5.75 Å². The number of ether oxygens (including phenoxy) is 1. The highest BCUT2D eigenvalue weighted by molar-refractivity contribution is 7.92. The normalized spacial score (nSPS) is 11.1. The minimum absolute atomic E-state index is 0.0602. The van der Waals surface area contributed by atoms with E-state index < -0.39 is 10.0 Å². The number of benzene rings is 2. The number of rotatable bonds is 6. The monoisotopic (exact) mass is 306 g/mol. The zero-order chi connectivity index (χ0) is 15.3. The van der Waals surface area contributed by atoms with Gasteiger partial charge < -0.3 is 10.5 Å². The van der Waals surface area contributed by atoms with Crippen molar-refractivity contribution < 1.29 is 13.2 Å². The number of nitrogens with one attached hydrogen (secondary N) is 1. The topological polar surface area (TPSA) is 81.4 Å². The second kappa shape index (κ2) is 6.49. The van der Waals surface area contributed by atoms with Crippen molar-refractivity contribution in [2.75, 3.05) is 22.8 Å². The molecule has 5 nitrogen and oxygen atoms in total. The first-order valence-corrected chi connectivity index (χ1v) is 8.15. The molecule has 0 aliphatic heterocycles. The summed E-state index contributed by atoms with van der Waals surface area (Å²) in [6, 6.07) is 14.0. The van der Waals surface area contributed by atoms with E-state index in [9.17, 15) is 8.42 Å². The van der Waals surface area contributed by atoms with Gasteiger partial charge in [-0.25, -0.2) is 8.42 Å². The molecule has 2 aromatic rings. The first kappa shape index (κ1) is 15.2. The average molecular weight is 306 g/mol. The van der Waals surface area contributed by atoms with E-state index in [2.05, 4.69) is 4.72 Å². The second-order valence-electron chi connectivity index (χ2n) is 4.71. The number of sulfonamides is 1. The van der Waals surface area contributed by atoms with E-state index >= 15 is 0 Å². The van der Waals surface area contributed by atoms with Crippen LogP contribution in [0.3, 0.4) is 0 Å². The van der Waals surface area contributed by atoms with Gasteiger partial charge in [0.05, 0.1) is 0 Å². The van der Waals surface area contributed by atoms with E-state index in [1.807, 2.05) is 19.1 Å². The molecule has 0 aliphatic rings. The lowest BCUT2D eigenvalue weighted by Gasteiger charge is -2.10. The maximum absolute atomic E-state index is 11.9. The van der Waals surface area contributed by atoms with E-state index in [0.29, 0.717) is 17.1 Å². The smallest absolute Gasteiger partial charge is 0.236 e. The Balaban J connectivity index is 1.88. The average Bonchev–Trinajstić information content (AvgIpc) is 2.41. The number of hydrogen-bond acceptors (Lipinski definition) is 4. The van der Waals surface area contributed by atoms with E-state index in [1.54, 1.807) is 36.4 Å². The Morgan fingerprint density at radius 3 is 2.52 bits per heavy atom. The van der Waals surface area contributed by atoms with Crippen molar-refractivity contribution in [1.29, 1.82) is 0 Å². The number of nitrogen functional groups attached to an aromatic ring is 1. The molecule has 0 fully saturated rings. The third-order valence-corrected chi connectivity index (χ3v) is 4.05. The molecular formula is C15H18N2O3S. The van der Waals surface area contributed by atoms with E-state index in [0.717, 1.165) is 5.56 Å². The lowest BCUT2D eigenvalue weighted by molar-refractivity contribution is 0.341. The lowest BCUT2D eigenvalue weighted by atomic mass is 10.2. The van der Waals surface area contributed by atoms with Crippen LogP contribution in [-0.2, 0) is 10.0 Å². The van der Waals surface area contributed by atoms with Gasteiger partial charge in [0.25, 0.3) is 0 Å². The number of anilines is 2. The van der Waals surface area contributed by atoms with Gasteiger partial charge in [-0.05, 0) is 31.2 Å². The molecule has 2 aromatic carbocycles. The van der Waals surface area contributed by atoms with Gasteiger partial charge in [0, 0.05) is 17.4 Å². The van der Waals surface area contributed by atoms with Gasteiger partial charge >= 0.3 is 0 Å². The Hall–Kier alpha value is -2.21. The molecule has 0 unspecified atom stereocenters. The molecule has 0 aromatic heterocycles. The number of nitrogens with two attached hydrogens (primary N) is 1. The summed E-state index contributed by atoms with van der Waals surface area (Å²) in [5, 5.41) is 0. The van der Waals surface area contributed by atoms with Crippen LogP contribution in [0.1, 0.15) is 5.56 Å². The standard InChI is InChI=1S/C15H18N2O3S/c1-12-5-7-14(8-6-12)17-21(18,19)10-9-20-15-4-2-3-13(16)11-15/h2-8,11,17H,9-10,16H2,1H3. The van der Waals surface area contributed by atoms with Crippen LogP contribution in [0.15, 0.2) is 48.5 Å². The fourth-order valence-electron chi connectivity index (χ4n) is 1.73. The van der Waals surface area contributed by atoms with Crippen molar-refractivity contribution in [3.63, 3.8) is 0 Å². The molecule has 2 rings (SSSR count). The minimum atomic E-state index is -3.43.